The maximum absolute atomic E-state index is 13.3. The number of nitrogens with zero attached hydrogens (tertiary/aromatic N) is 5. The molecule has 2 atom stereocenters. The highest BCUT2D eigenvalue weighted by Gasteiger charge is 2.44. The number of nitrogens with one attached hydrogen (secondary N) is 1. The summed E-state index contributed by atoms with van der Waals surface area (Å²) in [5.41, 5.74) is 1.53. The molecule has 2 aromatic carbocycles. The molecule has 326 valence electrons. The zero-order chi connectivity index (χ0) is 42.7. The van der Waals surface area contributed by atoms with Gasteiger partial charge in [-0.2, -0.15) is 0 Å². The van der Waals surface area contributed by atoms with E-state index in [1.807, 2.05) is 6.07 Å². The molecule has 0 aliphatic carbocycles. The summed E-state index contributed by atoms with van der Waals surface area (Å²) in [5, 5.41) is 2.24. The Morgan fingerprint density at radius 1 is 0.803 bits per heavy atom. The van der Waals surface area contributed by atoms with Gasteiger partial charge in [0.25, 0.3) is 11.8 Å². The summed E-state index contributed by atoms with van der Waals surface area (Å²) >= 11 is 0. The number of esters is 1. The van der Waals surface area contributed by atoms with Gasteiger partial charge in [-0.15, -0.1) is 0 Å². The van der Waals surface area contributed by atoms with Crippen LogP contribution in [-0.4, -0.2) is 140 Å². The van der Waals surface area contributed by atoms with E-state index in [9.17, 15) is 24.0 Å². The number of rotatable bonds is 19. The molecule has 1 aromatic heterocycles. The van der Waals surface area contributed by atoms with Gasteiger partial charge in [0.2, 0.25) is 17.7 Å². The third-order valence-electron chi connectivity index (χ3n) is 11.7. The van der Waals surface area contributed by atoms with Crippen LogP contribution in [0.15, 0.2) is 60.8 Å². The highest BCUT2D eigenvalue weighted by Crippen LogP contribution is 2.31. The van der Waals surface area contributed by atoms with Gasteiger partial charge in [0.15, 0.2) is 6.10 Å². The van der Waals surface area contributed by atoms with Crippen LogP contribution in [0.2, 0.25) is 0 Å². The molecule has 61 heavy (non-hydrogen) atoms. The van der Waals surface area contributed by atoms with Crippen molar-refractivity contribution in [2.45, 2.75) is 64.5 Å². The fourth-order valence-electron chi connectivity index (χ4n) is 8.23. The maximum Gasteiger partial charge on any atom is 0.347 e. The lowest BCUT2D eigenvalue weighted by Crippen LogP contribution is -2.54. The van der Waals surface area contributed by atoms with Crippen molar-refractivity contribution < 1.29 is 47.7 Å². The second-order valence-corrected chi connectivity index (χ2v) is 15.8. The minimum atomic E-state index is -0.961. The number of piperazine rings is 1. The highest BCUT2D eigenvalue weighted by atomic mass is 16.6. The lowest BCUT2D eigenvalue weighted by molar-refractivity contribution is -0.150. The van der Waals surface area contributed by atoms with E-state index in [4.69, 9.17) is 23.7 Å². The summed E-state index contributed by atoms with van der Waals surface area (Å²) in [6.45, 7) is 13.0. The number of hydrogen-bond acceptors (Lipinski definition) is 14. The second-order valence-electron chi connectivity index (χ2n) is 15.8. The molecule has 2 unspecified atom stereocenters. The average molecular weight is 841 g/mol. The summed E-state index contributed by atoms with van der Waals surface area (Å²) in [4.78, 5) is 74.7. The molecule has 4 aliphatic rings. The number of ether oxygens (including phenoxy) is 5. The first kappa shape index (κ1) is 43.5. The van der Waals surface area contributed by atoms with Crippen LogP contribution in [0.4, 0.5) is 5.69 Å². The zero-order valence-electron chi connectivity index (χ0n) is 35.1. The van der Waals surface area contributed by atoms with E-state index in [-0.39, 0.29) is 18.7 Å². The van der Waals surface area contributed by atoms with E-state index >= 15 is 0 Å². The van der Waals surface area contributed by atoms with Crippen molar-refractivity contribution in [1.82, 2.24) is 25.0 Å². The molecule has 3 fully saturated rings. The van der Waals surface area contributed by atoms with Gasteiger partial charge in [0, 0.05) is 50.9 Å². The fourth-order valence-corrected chi connectivity index (χ4v) is 8.23. The van der Waals surface area contributed by atoms with Crippen molar-refractivity contribution in [3.8, 4) is 23.1 Å². The number of imide groups is 2. The summed E-state index contributed by atoms with van der Waals surface area (Å²) in [7, 11) is 0. The topological polar surface area (TPSA) is 169 Å². The van der Waals surface area contributed by atoms with Crippen molar-refractivity contribution in [3.63, 3.8) is 0 Å². The Morgan fingerprint density at radius 2 is 1.52 bits per heavy atom. The molecule has 0 radical (unpaired) electrons. The molecule has 0 saturated carbocycles. The molecule has 7 rings (SSSR count). The number of hydrogen-bond donors (Lipinski definition) is 1. The zero-order valence-corrected chi connectivity index (χ0v) is 35.1. The van der Waals surface area contributed by atoms with Crippen LogP contribution in [0.25, 0.3) is 0 Å². The Balaban J connectivity index is 0.714. The smallest absolute Gasteiger partial charge is 0.347 e. The first-order valence-electron chi connectivity index (χ1n) is 21.5. The number of aromatic nitrogens is 1. The van der Waals surface area contributed by atoms with Gasteiger partial charge in [0.05, 0.1) is 37.1 Å². The van der Waals surface area contributed by atoms with E-state index in [0.717, 1.165) is 68.9 Å². The van der Waals surface area contributed by atoms with Crippen LogP contribution in [0.3, 0.4) is 0 Å². The number of pyridine rings is 1. The van der Waals surface area contributed by atoms with Crippen LogP contribution in [-0.2, 0) is 23.9 Å². The van der Waals surface area contributed by atoms with Gasteiger partial charge in [-0.25, -0.2) is 9.78 Å². The minimum absolute atomic E-state index is 0.1000. The van der Waals surface area contributed by atoms with Gasteiger partial charge in [-0.3, -0.25) is 34.3 Å². The predicted octanol–water partition coefficient (Wildman–Crippen LogP) is 4.32. The van der Waals surface area contributed by atoms with Gasteiger partial charge < -0.3 is 33.5 Å². The van der Waals surface area contributed by atoms with Crippen LogP contribution < -0.4 is 24.4 Å². The number of fused-ring (bicyclic) bond motifs is 1. The third-order valence-corrected chi connectivity index (χ3v) is 11.7. The van der Waals surface area contributed by atoms with Gasteiger partial charge in [-0.05, 0) is 120 Å². The molecule has 0 spiro atoms. The van der Waals surface area contributed by atoms with E-state index in [0.29, 0.717) is 60.7 Å². The molecule has 4 amide bonds. The standard InChI is InChI=1S/C45H56N6O10/c1-3-58-45(56)31(2)60-34-7-9-35(10-8-34)61-41-15-11-36(30-46-41)59-28-27-57-26-25-49-19-16-32(17-20-49)5-4-18-48-21-23-50(24-22-48)33-6-12-37-38(29-33)44(55)51(43(37)54)39-13-14-40(52)47-42(39)53/h6-12,15,29-32,39H,3-5,13-14,16-28H2,1-2H3,(H,47,52,53). The SMILES string of the molecule is CCOC(=O)C(C)Oc1ccc(Oc2ccc(OCCOCCN3CCC(CCCN4CCN(c5ccc6c(c5)C(=O)N(C5CCC(=O)NC5=O)C6=O)CC4)CC3)cn2)cc1. The molecule has 3 saturated heterocycles. The van der Waals surface area contributed by atoms with Gasteiger partial charge >= 0.3 is 5.97 Å². The van der Waals surface area contributed by atoms with Crippen molar-refractivity contribution in [3.05, 3.63) is 71.9 Å². The molecular formula is C45H56N6O10. The Morgan fingerprint density at radius 3 is 2.25 bits per heavy atom. The van der Waals surface area contributed by atoms with Crippen molar-refractivity contribution >= 4 is 35.3 Å². The summed E-state index contributed by atoms with van der Waals surface area (Å²) in [6.07, 6.45) is 5.99. The number of anilines is 1. The van der Waals surface area contributed by atoms with E-state index in [2.05, 4.69) is 25.0 Å². The number of carbonyl (C=O) groups excluding carboxylic acids is 5. The average Bonchev–Trinajstić information content (AvgIpc) is 3.51. The predicted molar refractivity (Wildman–Crippen MR) is 224 cm³/mol. The quantitative estimate of drug-likeness (QED) is 0.103. The Labute approximate surface area is 356 Å². The molecule has 3 aromatic rings. The lowest BCUT2D eigenvalue weighted by Gasteiger charge is -2.37. The summed E-state index contributed by atoms with van der Waals surface area (Å²) in [6, 6.07) is 14.9. The van der Waals surface area contributed by atoms with Gasteiger partial charge in [-0.1, -0.05) is 0 Å². The van der Waals surface area contributed by atoms with Crippen LogP contribution in [0.1, 0.15) is 73.1 Å². The molecule has 16 heteroatoms. The number of piperidine rings is 2. The number of likely N-dealkylation sites (tertiary alicyclic amines) is 1. The van der Waals surface area contributed by atoms with Crippen LogP contribution in [0, 0.1) is 5.92 Å². The number of benzene rings is 2. The van der Waals surface area contributed by atoms with E-state index < -0.39 is 35.8 Å². The summed E-state index contributed by atoms with van der Waals surface area (Å²) < 4.78 is 28.1. The largest absolute Gasteiger partial charge is 0.490 e. The third kappa shape index (κ3) is 11.4. The first-order valence-corrected chi connectivity index (χ1v) is 21.5. The molecule has 0 bridgehead atoms. The maximum atomic E-state index is 13.3. The van der Waals surface area contributed by atoms with Crippen LogP contribution in [0.5, 0.6) is 23.1 Å². The van der Waals surface area contributed by atoms with E-state index in [1.54, 1.807) is 68.6 Å². The molecule has 16 nitrogen and oxygen atoms in total. The minimum Gasteiger partial charge on any atom is -0.490 e. The molecular weight excluding hydrogens is 785 g/mol. The van der Waals surface area contributed by atoms with Crippen LogP contribution >= 0.6 is 0 Å². The second kappa shape index (κ2) is 20.8. The van der Waals surface area contributed by atoms with Crippen molar-refractivity contribution in [2.75, 3.05) is 83.7 Å². The number of carbonyl (C=O) groups is 5. The monoisotopic (exact) mass is 840 g/mol. The van der Waals surface area contributed by atoms with Crippen molar-refractivity contribution in [1.29, 1.82) is 0 Å². The first-order chi connectivity index (χ1) is 29.6. The fraction of sp³-hybridized carbons (Fsp3) is 0.511. The van der Waals surface area contributed by atoms with Gasteiger partial charge in [0.1, 0.15) is 29.9 Å². The Hall–Kier alpha value is -5.58. The Bertz CT molecular complexity index is 2000. The summed E-state index contributed by atoms with van der Waals surface area (Å²) in [5.74, 6) is 0.573. The lowest BCUT2D eigenvalue weighted by atomic mass is 9.92. The Kier molecular flexibility index (Phi) is 14.8. The highest BCUT2D eigenvalue weighted by molar-refractivity contribution is 6.23. The molecule has 1 N–H and O–H groups in total. The normalized spacial score (nSPS) is 19.4. The molecule has 5 heterocycles. The van der Waals surface area contributed by atoms with Crippen molar-refractivity contribution in [2.24, 2.45) is 5.92 Å². The number of amides is 4. The molecule has 4 aliphatic heterocycles. The van der Waals surface area contributed by atoms with E-state index in [1.165, 1.54) is 25.7 Å².